The van der Waals surface area contributed by atoms with Crippen molar-refractivity contribution in [1.82, 2.24) is 16.0 Å². The molecule has 0 saturated carbocycles. The molecule has 6 nitrogen and oxygen atoms in total. The molecule has 3 N–H and O–H groups in total. The normalized spacial score (nSPS) is 10.7. The fourth-order valence-corrected chi connectivity index (χ4v) is 2.84. The first-order valence-electron chi connectivity index (χ1n) is 10.2. The number of ether oxygens (including phenoxy) is 1. The number of aliphatic imine (C=N–C) groups is 1. The first-order chi connectivity index (χ1) is 14.1. The van der Waals surface area contributed by atoms with Crippen molar-refractivity contribution in [3.8, 4) is 5.75 Å². The van der Waals surface area contributed by atoms with Crippen molar-refractivity contribution in [3.63, 3.8) is 0 Å². The van der Waals surface area contributed by atoms with Crippen LogP contribution in [0.5, 0.6) is 5.75 Å². The standard InChI is InChI=1S/C23H32N4O2.HI/c1-4-25-23(26-14-8-16-29-21-12-6-5-9-18(21)2)27-15-13-19-10-7-11-20(17-19)22(28)24-3;/h5-7,9-12,17H,4,8,13-16H2,1-3H3,(H,24,28)(H2,25,26,27);1H. The Morgan fingerprint density at radius 2 is 1.90 bits per heavy atom. The molecule has 1 amide bonds. The fourth-order valence-electron chi connectivity index (χ4n) is 2.84. The van der Waals surface area contributed by atoms with Crippen LogP contribution in [0.15, 0.2) is 53.5 Å². The predicted octanol–water partition coefficient (Wildman–Crippen LogP) is 3.54. The summed E-state index contributed by atoms with van der Waals surface area (Å²) >= 11 is 0. The zero-order valence-corrected chi connectivity index (χ0v) is 20.4. The number of para-hydroxylation sites is 1. The van der Waals surface area contributed by atoms with Crippen molar-refractivity contribution in [2.45, 2.75) is 26.7 Å². The molecule has 0 aromatic heterocycles. The number of nitrogens with one attached hydrogen (secondary N) is 3. The van der Waals surface area contributed by atoms with Gasteiger partial charge in [0.15, 0.2) is 5.96 Å². The Morgan fingerprint density at radius 1 is 1.10 bits per heavy atom. The lowest BCUT2D eigenvalue weighted by Crippen LogP contribution is -2.38. The molecule has 7 heteroatoms. The topological polar surface area (TPSA) is 74.8 Å². The smallest absolute Gasteiger partial charge is 0.251 e. The predicted molar refractivity (Wildman–Crippen MR) is 134 cm³/mol. The van der Waals surface area contributed by atoms with E-state index >= 15 is 0 Å². The van der Waals surface area contributed by atoms with E-state index in [0.717, 1.165) is 48.8 Å². The molecule has 2 aromatic rings. The Bertz CT molecular complexity index is 811. The largest absolute Gasteiger partial charge is 0.493 e. The third-order valence-corrected chi connectivity index (χ3v) is 4.39. The second-order valence-corrected chi connectivity index (χ2v) is 6.68. The highest BCUT2D eigenvalue weighted by molar-refractivity contribution is 14.0. The maximum absolute atomic E-state index is 11.7. The van der Waals surface area contributed by atoms with Crippen molar-refractivity contribution in [1.29, 1.82) is 0 Å². The van der Waals surface area contributed by atoms with E-state index in [9.17, 15) is 4.79 Å². The minimum atomic E-state index is -0.0670. The summed E-state index contributed by atoms with van der Waals surface area (Å²) in [6.45, 7) is 6.96. The van der Waals surface area contributed by atoms with Gasteiger partial charge in [-0.1, -0.05) is 30.3 Å². The number of amides is 1. The first kappa shape index (κ1) is 25.7. The molecule has 2 rings (SSSR count). The maximum Gasteiger partial charge on any atom is 0.251 e. The van der Waals surface area contributed by atoms with Gasteiger partial charge in [-0.3, -0.25) is 9.79 Å². The molecule has 0 radical (unpaired) electrons. The van der Waals surface area contributed by atoms with Crippen LogP contribution in [0.1, 0.15) is 34.8 Å². The molecular weight excluding hydrogens is 491 g/mol. The third-order valence-electron chi connectivity index (χ3n) is 4.39. The van der Waals surface area contributed by atoms with E-state index in [-0.39, 0.29) is 29.9 Å². The van der Waals surface area contributed by atoms with Crippen LogP contribution >= 0.6 is 24.0 Å². The molecule has 0 aliphatic heterocycles. The number of benzene rings is 2. The van der Waals surface area contributed by atoms with Crippen LogP contribution in [0.3, 0.4) is 0 Å². The molecule has 0 aliphatic rings. The van der Waals surface area contributed by atoms with Crippen molar-refractivity contribution >= 4 is 35.8 Å². The Morgan fingerprint density at radius 3 is 2.63 bits per heavy atom. The molecule has 0 heterocycles. The Hall–Kier alpha value is -2.29. The number of nitrogens with zero attached hydrogens (tertiary/aromatic N) is 1. The number of carbonyl (C=O) groups is 1. The van der Waals surface area contributed by atoms with E-state index in [4.69, 9.17) is 4.74 Å². The van der Waals surface area contributed by atoms with Gasteiger partial charge in [-0.15, -0.1) is 24.0 Å². The van der Waals surface area contributed by atoms with E-state index < -0.39 is 0 Å². The molecule has 0 atom stereocenters. The molecule has 0 aliphatic carbocycles. The van der Waals surface area contributed by atoms with Gasteiger partial charge in [-0.05, 0) is 49.6 Å². The highest BCUT2D eigenvalue weighted by Gasteiger charge is 2.04. The lowest BCUT2D eigenvalue weighted by atomic mass is 10.1. The number of hydrogen-bond acceptors (Lipinski definition) is 3. The van der Waals surface area contributed by atoms with Crippen LogP contribution in [-0.4, -0.2) is 45.2 Å². The van der Waals surface area contributed by atoms with Gasteiger partial charge in [0, 0.05) is 38.7 Å². The van der Waals surface area contributed by atoms with Crippen molar-refractivity contribution in [2.24, 2.45) is 4.99 Å². The number of hydrogen-bond donors (Lipinski definition) is 3. The van der Waals surface area contributed by atoms with E-state index in [1.165, 1.54) is 0 Å². The van der Waals surface area contributed by atoms with Gasteiger partial charge in [0.2, 0.25) is 0 Å². The summed E-state index contributed by atoms with van der Waals surface area (Å²) in [6.07, 6.45) is 1.66. The van der Waals surface area contributed by atoms with Crippen LogP contribution in [0.4, 0.5) is 0 Å². The second-order valence-electron chi connectivity index (χ2n) is 6.68. The van der Waals surface area contributed by atoms with Gasteiger partial charge < -0.3 is 20.7 Å². The zero-order valence-electron chi connectivity index (χ0n) is 18.0. The van der Waals surface area contributed by atoms with Crippen molar-refractivity contribution < 1.29 is 9.53 Å². The Balaban J connectivity index is 0.00000450. The van der Waals surface area contributed by atoms with Gasteiger partial charge >= 0.3 is 0 Å². The molecule has 0 unspecified atom stereocenters. The molecule has 0 saturated heterocycles. The van der Waals surface area contributed by atoms with Crippen molar-refractivity contribution in [2.75, 3.05) is 33.3 Å². The summed E-state index contributed by atoms with van der Waals surface area (Å²) in [5, 5.41) is 9.26. The van der Waals surface area contributed by atoms with Crippen LogP contribution in [0.25, 0.3) is 0 Å². The number of halogens is 1. The first-order valence-corrected chi connectivity index (χ1v) is 10.2. The van der Waals surface area contributed by atoms with E-state index in [0.29, 0.717) is 18.7 Å². The molecule has 30 heavy (non-hydrogen) atoms. The summed E-state index contributed by atoms with van der Waals surface area (Å²) < 4.78 is 5.81. The number of aryl methyl sites for hydroxylation is 1. The van der Waals surface area contributed by atoms with Gasteiger partial charge in [0.1, 0.15) is 5.75 Å². The SMILES string of the molecule is CCNC(=NCCCOc1ccccc1C)NCCc1cccc(C(=O)NC)c1.I. The van der Waals surface area contributed by atoms with Crippen LogP contribution in [0, 0.1) is 6.92 Å². The quantitative estimate of drug-likeness (QED) is 0.193. The molecule has 164 valence electrons. The highest BCUT2D eigenvalue weighted by Crippen LogP contribution is 2.16. The lowest BCUT2D eigenvalue weighted by Gasteiger charge is -2.12. The fraction of sp³-hybridized carbons (Fsp3) is 0.391. The zero-order chi connectivity index (χ0) is 20.9. The van der Waals surface area contributed by atoms with Gasteiger partial charge in [0.25, 0.3) is 5.91 Å². The van der Waals surface area contributed by atoms with E-state index in [1.807, 2.05) is 62.4 Å². The monoisotopic (exact) mass is 524 g/mol. The molecule has 2 aromatic carbocycles. The minimum absolute atomic E-state index is 0. The van der Waals surface area contributed by atoms with E-state index in [1.54, 1.807) is 7.05 Å². The molecular formula is C23H33IN4O2. The molecule has 0 fully saturated rings. The van der Waals surface area contributed by atoms with Crippen LogP contribution < -0.4 is 20.7 Å². The third kappa shape index (κ3) is 9.02. The summed E-state index contributed by atoms with van der Waals surface area (Å²) in [5.41, 5.74) is 2.94. The summed E-state index contributed by atoms with van der Waals surface area (Å²) in [5.74, 6) is 1.66. The summed E-state index contributed by atoms with van der Waals surface area (Å²) in [6, 6.07) is 15.7. The van der Waals surface area contributed by atoms with Crippen LogP contribution in [0.2, 0.25) is 0 Å². The number of guanidine groups is 1. The highest BCUT2D eigenvalue weighted by atomic mass is 127. The molecule has 0 bridgehead atoms. The average Bonchev–Trinajstić information content (AvgIpc) is 2.74. The summed E-state index contributed by atoms with van der Waals surface area (Å²) in [4.78, 5) is 16.4. The van der Waals surface area contributed by atoms with E-state index in [2.05, 4.69) is 20.9 Å². The van der Waals surface area contributed by atoms with Crippen molar-refractivity contribution in [3.05, 3.63) is 65.2 Å². The lowest BCUT2D eigenvalue weighted by molar-refractivity contribution is 0.0963. The Kier molecular flexibility index (Phi) is 12.6. The number of rotatable bonds is 10. The summed E-state index contributed by atoms with van der Waals surface area (Å²) in [7, 11) is 1.64. The second kappa shape index (κ2) is 14.7. The van der Waals surface area contributed by atoms with Crippen LogP contribution in [-0.2, 0) is 6.42 Å². The van der Waals surface area contributed by atoms with Gasteiger partial charge in [0.05, 0.1) is 6.61 Å². The van der Waals surface area contributed by atoms with Gasteiger partial charge in [-0.2, -0.15) is 0 Å². The maximum atomic E-state index is 11.7. The number of carbonyl (C=O) groups excluding carboxylic acids is 1. The average molecular weight is 524 g/mol. The Labute approximate surface area is 196 Å². The molecule has 0 spiro atoms. The van der Waals surface area contributed by atoms with Gasteiger partial charge in [-0.25, -0.2) is 0 Å². The minimum Gasteiger partial charge on any atom is -0.493 e.